The molecule has 1 aliphatic heterocycles. The van der Waals surface area contributed by atoms with E-state index in [2.05, 4.69) is 74.2 Å². The van der Waals surface area contributed by atoms with Gasteiger partial charge in [0.05, 0.1) is 0 Å². The van der Waals surface area contributed by atoms with E-state index < -0.39 is 17.5 Å². The van der Waals surface area contributed by atoms with Gasteiger partial charge in [0.1, 0.15) is 5.70 Å². The third-order valence-corrected chi connectivity index (χ3v) is 5.78. The minimum absolute atomic E-state index is 0.177. The number of rotatable bonds is 6. The Hall–Kier alpha value is -3.12. The molecule has 1 atom stereocenters. The third-order valence-electron chi connectivity index (χ3n) is 5.78. The van der Waals surface area contributed by atoms with Gasteiger partial charge in [-0.3, -0.25) is 9.59 Å². The number of carbonyl (C=O) groups excluding carboxylic acids is 2. The predicted molar refractivity (Wildman–Crippen MR) is 124 cm³/mol. The first kappa shape index (κ1) is 22.6. The normalized spacial score (nSPS) is 20.5. The van der Waals surface area contributed by atoms with Gasteiger partial charge in [-0.15, -0.1) is 6.58 Å². The lowest BCUT2D eigenvalue weighted by atomic mass is 9.86. The zero-order valence-corrected chi connectivity index (χ0v) is 19.1. The molecule has 0 saturated carbocycles. The number of allylic oxidation sites excluding steroid dienone is 3. The number of hydrogen-bond acceptors (Lipinski definition) is 3. The summed E-state index contributed by atoms with van der Waals surface area (Å²) in [7, 11) is 1.38. The van der Waals surface area contributed by atoms with Crippen molar-refractivity contribution in [3.63, 3.8) is 0 Å². The largest absolute Gasteiger partial charge is 0.357 e. The second kappa shape index (κ2) is 8.19. The van der Waals surface area contributed by atoms with Crippen LogP contribution in [0.1, 0.15) is 51.4 Å². The molecule has 1 aromatic heterocycles. The van der Waals surface area contributed by atoms with Crippen LogP contribution in [0.25, 0.3) is 17.0 Å². The van der Waals surface area contributed by atoms with Crippen molar-refractivity contribution in [1.82, 2.24) is 15.6 Å². The molecule has 0 radical (unpaired) electrons. The highest BCUT2D eigenvalue weighted by atomic mass is 16.5. The average molecular weight is 422 g/mol. The lowest BCUT2D eigenvalue weighted by Crippen LogP contribution is -2.63. The number of H-pyrrole nitrogens is 1. The number of methoxy groups -OCH3 is 1. The number of carbonyl (C=O) groups is 2. The molecule has 0 bridgehead atoms. The Kier molecular flexibility index (Phi) is 5.96. The molecule has 0 unspecified atom stereocenters. The summed E-state index contributed by atoms with van der Waals surface area (Å²) in [5.41, 5.74) is 3.57. The smallest absolute Gasteiger partial charge is 0.277 e. The monoisotopic (exact) mass is 421 g/mol. The quantitative estimate of drug-likeness (QED) is 0.485. The summed E-state index contributed by atoms with van der Waals surface area (Å²) in [5, 5.41) is 6.32. The maximum absolute atomic E-state index is 12.7. The standard InChI is InChI=1S/C25H31N3O3/c1-8-24(4,5)21-18(14-20-22(29)28-25(6,31-7)23(30)27-20)17-13-16(10-9-15(2)3)11-12-19(17)26-21/h8-9,11-14,26H,1,10H2,2-7H3,(H,27,30)(H,28,29)/b20-14-/t25-/m1/s1. The molecule has 1 saturated heterocycles. The molecule has 2 heterocycles. The van der Waals surface area contributed by atoms with Crippen LogP contribution in [0.5, 0.6) is 0 Å². The van der Waals surface area contributed by atoms with Crippen LogP contribution in [0.3, 0.4) is 0 Å². The van der Waals surface area contributed by atoms with E-state index in [0.29, 0.717) is 0 Å². The van der Waals surface area contributed by atoms with Crippen molar-refractivity contribution < 1.29 is 14.3 Å². The number of amides is 2. The van der Waals surface area contributed by atoms with E-state index in [-0.39, 0.29) is 11.1 Å². The Labute approximate surface area is 183 Å². The number of fused-ring (bicyclic) bond motifs is 1. The molecule has 1 aliphatic rings. The van der Waals surface area contributed by atoms with E-state index in [1.54, 1.807) is 6.08 Å². The van der Waals surface area contributed by atoms with Crippen molar-refractivity contribution in [3.8, 4) is 0 Å². The number of aromatic amines is 1. The van der Waals surface area contributed by atoms with E-state index in [9.17, 15) is 9.59 Å². The molecule has 164 valence electrons. The molecule has 2 aromatic rings. The first-order valence-electron chi connectivity index (χ1n) is 10.3. The van der Waals surface area contributed by atoms with Gasteiger partial charge in [0.15, 0.2) is 0 Å². The van der Waals surface area contributed by atoms with Crippen LogP contribution in [0, 0.1) is 0 Å². The van der Waals surface area contributed by atoms with E-state index in [0.717, 1.165) is 28.6 Å². The van der Waals surface area contributed by atoms with Gasteiger partial charge in [-0.1, -0.05) is 37.6 Å². The summed E-state index contributed by atoms with van der Waals surface area (Å²) in [4.78, 5) is 28.7. The second-order valence-corrected chi connectivity index (χ2v) is 8.91. The Bertz CT molecular complexity index is 1120. The average Bonchev–Trinajstić information content (AvgIpc) is 3.09. The molecule has 0 spiro atoms. The van der Waals surface area contributed by atoms with Crippen LogP contribution in [-0.4, -0.2) is 29.6 Å². The first-order chi connectivity index (χ1) is 14.5. The molecule has 1 aromatic carbocycles. The van der Waals surface area contributed by atoms with Crippen LogP contribution in [0.4, 0.5) is 0 Å². The fourth-order valence-corrected chi connectivity index (χ4v) is 3.50. The van der Waals surface area contributed by atoms with Crippen LogP contribution < -0.4 is 10.6 Å². The van der Waals surface area contributed by atoms with Gasteiger partial charge in [0, 0.05) is 34.7 Å². The van der Waals surface area contributed by atoms with Crippen LogP contribution in [0.2, 0.25) is 0 Å². The second-order valence-electron chi connectivity index (χ2n) is 8.91. The number of ether oxygens (including phenoxy) is 1. The van der Waals surface area contributed by atoms with E-state index in [1.165, 1.54) is 25.2 Å². The molecule has 6 nitrogen and oxygen atoms in total. The number of nitrogens with one attached hydrogen (secondary N) is 3. The lowest BCUT2D eigenvalue weighted by molar-refractivity contribution is -0.153. The lowest BCUT2D eigenvalue weighted by Gasteiger charge is -2.33. The molecule has 31 heavy (non-hydrogen) atoms. The summed E-state index contributed by atoms with van der Waals surface area (Å²) in [6, 6.07) is 6.27. The fraction of sp³-hybridized carbons (Fsp3) is 0.360. The summed E-state index contributed by atoms with van der Waals surface area (Å²) in [6.07, 6.45) is 6.60. The summed E-state index contributed by atoms with van der Waals surface area (Å²) >= 11 is 0. The van der Waals surface area contributed by atoms with Crippen molar-refractivity contribution in [2.45, 2.75) is 52.2 Å². The number of piperazine rings is 1. The highest BCUT2D eigenvalue weighted by molar-refractivity contribution is 6.09. The number of aromatic nitrogens is 1. The van der Waals surface area contributed by atoms with Crippen molar-refractivity contribution in [2.75, 3.05) is 7.11 Å². The van der Waals surface area contributed by atoms with E-state index in [4.69, 9.17) is 4.74 Å². The Morgan fingerprint density at radius 3 is 2.58 bits per heavy atom. The van der Waals surface area contributed by atoms with Crippen molar-refractivity contribution in [2.24, 2.45) is 0 Å². The summed E-state index contributed by atoms with van der Waals surface area (Å²) < 4.78 is 5.18. The number of hydrogen-bond donors (Lipinski definition) is 3. The molecule has 0 aliphatic carbocycles. The van der Waals surface area contributed by atoms with Gasteiger partial charge in [0.2, 0.25) is 5.72 Å². The van der Waals surface area contributed by atoms with Crippen molar-refractivity contribution in [1.29, 1.82) is 0 Å². The van der Waals surface area contributed by atoms with Crippen LogP contribution in [-0.2, 0) is 26.2 Å². The first-order valence-corrected chi connectivity index (χ1v) is 10.3. The zero-order valence-electron chi connectivity index (χ0n) is 19.1. The molecular formula is C25H31N3O3. The highest BCUT2D eigenvalue weighted by Crippen LogP contribution is 2.35. The molecule has 3 N–H and O–H groups in total. The van der Waals surface area contributed by atoms with E-state index in [1.807, 2.05) is 6.08 Å². The minimum atomic E-state index is -1.39. The van der Waals surface area contributed by atoms with E-state index >= 15 is 0 Å². The predicted octanol–water partition coefficient (Wildman–Crippen LogP) is 4.09. The molecule has 6 heteroatoms. The summed E-state index contributed by atoms with van der Waals surface area (Å²) in [5.74, 6) is -0.823. The molecular weight excluding hydrogens is 390 g/mol. The van der Waals surface area contributed by atoms with Gasteiger partial charge in [-0.25, -0.2) is 0 Å². The van der Waals surface area contributed by atoms with Crippen molar-refractivity contribution in [3.05, 3.63) is 65.0 Å². The van der Waals surface area contributed by atoms with Gasteiger partial charge in [0.25, 0.3) is 11.8 Å². The van der Waals surface area contributed by atoms with Gasteiger partial charge in [-0.05, 0) is 51.0 Å². The summed E-state index contributed by atoms with van der Waals surface area (Å²) in [6.45, 7) is 13.8. The molecule has 2 amide bonds. The Morgan fingerprint density at radius 2 is 1.97 bits per heavy atom. The minimum Gasteiger partial charge on any atom is -0.357 e. The Morgan fingerprint density at radius 1 is 1.26 bits per heavy atom. The fourth-order valence-electron chi connectivity index (χ4n) is 3.50. The SMILES string of the molecule is C=CC(C)(C)c1[nH]c2ccc(CC=C(C)C)cc2c1/C=C1\NC(=O)[C@@](C)(OC)NC1=O. The molecule has 3 rings (SSSR count). The van der Waals surface area contributed by atoms with Crippen molar-refractivity contribution >= 4 is 28.8 Å². The van der Waals surface area contributed by atoms with Crippen LogP contribution in [0.15, 0.2) is 48.2 Å². The maximum atomic E-state index is 12.7. The maximum Gasteiger partial charge on any atom is 0.277 e. The third kappa shape index (κ3) is 4.35. The topological polar surface area (TPSA) is 83.2 Å². The highest BCUT2D eigenvalue weighted by Gasteiger charge is 2.41. The zero-order chi connectivity index (χ0) is 23.0. The van der Waals surface area contributed by atoms with Gasteiger partial charge >= 0.3 is 0 Å². The Balaban J connectivity index is 2.17. The molecule has 1 fully saturated rings. The van der Waals surface area contributed by atoms with Crippen LogP contribution >= 0.6 is 0 Å². The van der Waals surface area contributed by atoms with Gasteiger partial charge < -0.3 is 20.4 Å². The van der Waals surface area contributed by atoms with Gasteiger partial charge in [-0.2, -0.15) is 0 Å². The number of benzene rings is 1.